The molecule has 2 heterocycles. The number of pyridine rings is 1. The maximum absolute atomic E-state index is 12.3. The molecule has 2 aromatic rings. The van der Waals surface area contributed by atoms with Gasteiger partial charge in [-0.2, -0.15) is 9.40 Å². The quantitative estimate of drug-likeness (QED) is 0.859. The van der Waals surface area contributed by atoms with Crippen molar-refractivity contribution in [2.45, 2.75) is 11.4 Å². The van der Waals surface area contributed by atoms with Gasteiger partial charge in [-0.05, 0) is 12.1 Å². The molecule has 0 atom stereocenters. The molecule has 0 radical (unpaired) electrons. The average Bonchev–Trinajstić information content (AvgIpc) is 2.82. The lowest BCUT2D eigenvalue weighted by Gasteiger charge is -2.16. The molecule has 8 heteroatoms. The maximum Gasteiger partial charge on any atom is 0.246 e. The monoisotopic (exact) mass is 286 g/mol. The molecule has 0 saturated carbocycles. The molecular weight excluding hydrogens is 276 g/mol. The van der Waals surface area contributed by atoms with Crippen molar-refractivity contribution in [3.8, 4) is 0 Å². The summed E-state index contributed by atoms with van der Waals surface area (Å²) >= 11 is 5.80. The number of hydrogen-bond acceptors (Lipinski definition) is 4. The van der Waals surface area contributed by atoms with Crippen LogP contribution in [0.4, 0.5) is 0 Å². The van der Waals surface area contributed by atoms with E-state index in [1.807, 2.05) is 0 Å². The molecule has 18 heavy (non-hydrogen) atoms. The Balaban J connectivity index is 2.29. The number of hydrogen-bond donors (Lipinski definition) is 1. The SMILES string of the molecule is CN(Cc1cn[nH]c1)S(=O)(=O)c1cccnc1Cl. The van der Waals surface area contributed by atoms with E-state index in [2.05, 4.69) is 15.2 Å². The van der Waals surface area contributed by atoms with Gasteiger partial charge in [0, 0.05) is 31.5 Å². The summed E-state index contributed by atoms with van der Waals surface area (Å²) in [6, 6.07) is 2.96. The van der Waals surface area contributed by atoms with E-state index in [4.69, 9.17) is 11.6 Å². The Morgan fingerprint density at radius 1 is 1.50 bits per heavy atom. The van der Waals surface area contributed by atoms with Crippen LogP contribution in [-0.2, 0) is 16.6 Å². The summed E-state index contributed by atoms with van der Waals surface area (Å²) in [6.07, 6.45) is 4.64. The lowest BCUT2D eigenvalue weighted by atomic mass is 10.4. The van der Waals surface area contributed by atoms with Crippen LogP contribution in [0, 0.1) is 0 Å². The van der Waals surface area contributed by atoms with Crippen LogP contribution in [0.3, 0.4) is 0 Å². The number of nitrogens with one attached hydrogen (secondary N) is 1. The van der Waals surface area contributed by atoms with Crippen LogP contribution >= 0.6 is 11.6 Å². The van der Waals surface area contributed by atoms with E-state index in [1.54, 1.807) is 12.4 Å². The number of aromatic nitrogens is 3. The first-order valence-corrected chi connectivity index (χ1v) is 6.88. The van der Waals surface area contributed by atoms with Gasteiger partial charge in [-0.15, -0.1) is 0 Å². The van der Waals surface area contributed by atoms with E-state index < -0.39 is 10.0 Å². The molecule has 2 aromatic heterocycles. The fourth-order valence-corrected chi connectivity index (χ4v) is 3.02. The lowest BCUT2D eigenvalue weighted by molar-refractivity contribution is 0.466. The summed E-state index contributed by atoms with van der Waals surface area (Å²) in [7, 11) is -2.17. The Morgan fingerprint density at radius 2 is 2.28 bits per heavy atom. The van der Waals surface area contributed by atoms with Crippen molar-refractivity contribution in [2.24, 2.45) is 0 Å². The van der Waals surface area contributed by atoms with Crippen molar-refractivity contribution in [2.75, 3.05) is 7.05 Å². The van der Waals surface area contributed by atoms with Gasteiger partial charge >= 0.3 is 0 Å². The highest BCUT2D eigenvalue weighted by molar-refractivity contribution is 7.89. The highest BCUT2D eigenvalue weighted by Gasteiger charge is 2.24. The standard InChI is InChI=1S/C10H11ClN4O2S/c1-15(7-8-5-13-14-6-8)18(16,17)9-3-2-4-12-10(9)11/h2-6H,7H2,1H3,(H,13,14). The van der Waals surface area contributed by atoms with Crippen LogP contribution in [0.15, 0.2) is 35.6 Å². The highest BCUT2D eigenvalue weighted by atomic mass is 35.5. The number of nitrogens with zero attached hydrogens (tertiary/aromatic N) is 3. The molecule has 2 rings (SSSR count). The van der Waals surface area contributed by atoms with Crippen molar-refractivity contribution < 1.29 is 8.42 Å². The predicted molar refractivity (Wildman–Crippen MR) is 66.5 cm³/mol. The molecule has 0 aliphatic rings. The second-order valence-electron chi connectivity index (χ2n) is 3.66. The molecule has 0 saturated heterocycles. The molecule has 0 fully saturated rings. The number of aromatic amines is 1. The zero-order valence-electron chi connectivity index (χ0n) is 9.54. The van der Waals surface area contributed by atoms with Gasteiger partial charge in [0.25, 0.3) is 0 Å². The Hall–Kier alpha value is -1.44. The van der Waals surface area contributed by atoms with E-state index in [0.717, 1.165) is 5.56 Å². The van der Waals surface area contributed by atoms with Gasteiger partial charge in [-0.1, -0.05) is 11.6 Å². The molecule has 0 unspecified atom stereocenters. The first kappa shape index (κ1) is 13.0. The van der Waals surface area contributed by atoms with Crippen LogP contribution in [0.5, 0.6) is 0 Å². The summed E-state index contributed by atoms with van der Waals surface area (Å²) in [4.78, 5) is 3.76. The molecule has 0 amide bonds. The maximum atomic E-state index is 12.3. The third-order valence-corrected chi connectivity index (χ3v) is 4.62. The zero-order valence-corrected chi connectivity index (χ0v) is 11.1. The minimum absolute atomic E-state index is 0.00217. The first-order valence-electron chi connectivity index (χ1n) is 5.06. The van der Waals surface area contributed by atoms with E-state index in [0.29, 0.717) is 0 Å². The van der Waals surface area contributed by atoms with Crippen LogP contribution in [-0.4, -0.2) is 35.0 Å². The number of halogens is 1. The van der Waals surface area contributed by atoms with Gasteiger partial charge < -0.3 is 0 Å². The lowest BCUT2D eigenvalue weighted by Crippen LogP contribution is -2.26. The van der Waals surface area contributed by atoms with Gasteiger partial charge in [0.2, 0.25) is 10.0 Å². The second kappa shape index (κ2) is 5.05. The summed E-state index contributed by atoms with van der Waals surface area (Å²) in [5.74, 6) is 0. The van der Waals surface area contributed by atoms with E-state index in [1.165, 1.54) is 29.7 Å². The topological polar surface area (TPSA) is 79.0 Å². The number of sulfonamides is 1. The largest absolute Gasteiger partial charge is 0.285 e. The van der Waals surface area contributed by atoms with E-state index >= 15 is 0 Å². The predicted octanol–water partition coefficient (Wildman–Crippen LogP) is 1.28. The van der Waals surface area contributed by atoms with E-state index in [-0.39, 0.29) is 16.6 Å². The molecular formula is C10H11ClN4O2S. The third-order valence-electron chi connectivity index (χ3n) is 2.37. The molecule has 0 aliphatic heterocycles. The van der Waals surface area contributed by atoms with Crippen LogP contribution in [0.2, 0.25) is 5.15 Å². The van der Waals surface area contributed by atoms with Crippen molar-refractivity contribution in [3.05, 3.63) is 41.4 Å². The number of rotatable bonds is 4. The fraction of sp³-hybridized carbons (Fsp3) is 0.200. The van der Waals surface area contributed by atoms with Crippen molar-refractivity contribution in [1.29, 1.82) is 0 Å². The van der Waals surface area contributed by atoms with Crippen LogP contribution < -0.4 is 0 Å². The molecule has 0 spiro atoms. The minimum atomic E-state index is -3.65. The van der Waals surface area contributed by atoms with Crippen molar-refractivity contribution in [1.82, 2.24) is 19.5 Å². The molecule has 1 N–H and O–H groups in total. The van der Waals surface area contributed by atoms with Crippen molar-refractivity contribution >= 4 is 21.6 Å². The van der Waals surface area contributed by atoms with Gasteiger partial charge in [-0.25, -0.2) is 13.4 Å². The average molecular weight is 287 g/mol. The van der Waals surface area contributed by atoms with E-state index in [9.17, 15) is 8.42 Å². The Labute approximate surface area is 110 Å². The summed E-state index contributed by atoms with van der Waals surface area (Å²) in [5, 5.41) is 6.36. The molecule has 0 aliphatic carbocycles. The minimum Gasteiger partial charge on any atom is -0.285 e. The number of H-pyrrole nitrogens is 1. The van der Waals surface area contributed by atoms with Gasteiger partial charge in [0.1, 0.15) is 10.0 Å². The first-order chi connectivity index (χ1) is 8.51. The smallest absolute Gasteiger partial charge is 0.246 e. The van der Waals surface area contributed by atoms with Crippen LogP contribution in [0.1, 0.15) is 5.56 Å². The molecule has 6 nitrogen and oxygen atoms in total. The summed E-state index contributed by atoms with van der Waals surface area (Å²) in [6.45, 7) is 0.212. The Morgan fingerprint density at radius 3 is 2.89 bits per heavy atom. The fourth-order valence-electron chi connectivity index (χ4n) is 1.44. The third kappa shape index (κ3) is 2.53. The van der Waals surface area contributed by atoms with Crippen LogP contribution in [0.25, 0.3) is 0 Å². The second-order valence-corrected chi connectivity index (χ2v) is 6.03. The molecule has 0 bridgehead atoms. The molecule has 96 valence electrons. The Bertz CT molecular complexity index is 627. The summed E-state index contributed by atoms with van der Waals surface area (Å²) < 4.78 is 25.7. The highest BCUT2D eigenvalue weighted by Crippen LogP contribution is 2.22. The van der Waals surface area contributed by atoms with Crippen molar-refractivity contribution in [3.63, 3.8) is 0 Å². The van der Waals surface area contributed by atoms with Gasteiger partial charge in [-0.3, -0.25) is 5.10 Å². The summed E-state index contributed by atoms with van der Waals surface area (Å²) in [5.41, 5.74) is 0.765. The normalized spacial score (nSPS) is 11.9. The Kier molecular flexibility index (Phi) is 3.65. The van der Waals surface area contributed by atoms with Gasteiger partial charge in [0.05, 0.1) is 6.20 Å². The molecule has 0 aromatic carbocycles. The zero-order chi connectivity index (χ0) is 13.2. The van der Waals surface area contributed by atoms with Gasteiger partial charge in [0.15, 0.2) is 0 Å².